The van der Waals surface area contributed by atoms with Crippen LogP contribution in [0.3, 0.4) is 0 Å². The Kier molecular flexibility index (Phi) is 8.21. The summed E-state index contributed by atoms with van der Waals surface area (Å²) in [6.07, 6.45) is 0.420. The maximum atomic E-state index is 14.8. The molecule has 1 saturated heterocycles. The Balaban J connectivity index is 1.62. The minimum Gasteiger partial charge on any atom is -0.487 e. The summed E-state index contributed by atoms with van der Waals surface area (Å²) in [6.45, 7) is 6.09. The molecule has 0 atom stereocenters. The van der Waals surface area contributed by atoms with E-state index in [1.807, 2.05) is 20.8 Å². The molecular formula is C24H32FN3O7. The zero-order valence-electron chi connectivity index (χ0n) is 20.4. The third-order valence-corrected chi connectivity index (χ3v) is 5.54. The monoisotopic (exact) mass is 493 g/mol. The average Bonchev–Trinajstić information content (AvgIpc) is 3.10. The topological polar surface area (TPSA) is 118 Å². The Labute approximate surface area is 203 Å². The van der Waals surface area contributed by atoms with E-state index < -0.39 is 23.3 Å². The molecule has 1 aromatic carbocycles. The Morgan fingerprint density at radius 1 is 1.23 bits per heavy atom. The molecule has 3 rings (SSSR count). The first-order valence-electron chi connectivity index (χ1n) is 11.4. The van der Waals surface area contributed by atoms with Crippen LogP contribution in [0.25, 0.3) is 0 Å². The number of likely N-dealkylation sites (tertiary alicyclic amines) is 1. The molecule has 2 N–H and O–H groups in total. The standard InChI is InChI=1S/C24H32FN3O7/c1-24(2,3)35-23(32)27-9-7-16(8-10-27)34-19-6-5-15(13-18(19)25)26-20-17(22(31)33-4)14-28(11-12-29)21(20)30/h5-6,13,16,26,29H,7-12,14H2,1-4H3. The van der Waals surface area contributed by atoms with E-state index in [2.05, 4.69) is 5.32 Å². The highest BCUT2D eigenvalue weighted by molar-refractivity contribution is 6.08. The number of hydrogen-bond donors (Lipinski definition) is 2. The molecule has 2 aliphatic heterocycles. The third-order valence-electron chi connectivity index (χ3n) is 5.54. The van der Waals surface area contributed by atoms with E-state index >= 15 is 0 Å². The van der Waals surface area contributed by atoms with E-state index in [0.29, 0.717) is 25.9 Å². The predicted octanol–water partition coefficient (Wildman–Crippen LogP) is 2.28. The van der Waals surface area contributed by atoms with Gasteiger partial charge in [0.2, 0.25) is 0 Å². The molecule has 0 bridgehead atoms. The number of aliphatic hydroxyl groups excluding tert-OH is 1. The van der Waals surface area contributed by atoms with Gasteiger partial charge >= 0.3 is 12.1 Å². The van der Waals surface area contributed by atoms with E-state index in [1.54, 1.807) is 4.90 Å². The van der Waals surface area contributed by atoms with Crippen LogP contribution in [0.2, 0.25) is 0 Å². The number of esters is 1. The number of aliphatic hydroxyl groups is 1. The Morgan fingerprint density at radius 3 is 2.49 bits per heavy atom. The predicted molar refractivity (Wildman–Crippen MR) is 124 cm³/mol. The van der Waals surface area contributed by atoms with Crippen LogP contribution in [0.4, 0.5) is 14.9 Å². The summed E-state index contributed by atoms with van der Waals surface area (Å²) < 4.78 is 30.7. The molecule has 2 heterocycles. The van der Waals surface area contributed by atoms with Crippen LogP contribution >= 0.6 is 0 Å². The van der Waals surface area contributed by atoms with Gasteiger partial charge in [-0.3, -0.25) is 4.79 Å². The van der Waals surface area contributed by atoms with Crippen LogP contribution < -0.4 is 10.1 Å². The van der Waals surface area contributed by atoms with Crippen LogP contribution in [-0.2, 0) is 19.1 Å². The summed E-state index contributed by atoms with van der Waals surface area (Å²) in [5, 5.41) is 12.0. The second kappa shape index (κ2) is 10.9. The van der Waals surface area contributed by atoms with E-state index in [-0.39, 0.29) is 54.6 Å². The molecule has 2 aliphatic rings. The molecule has 1 aromatic rings. The number of benzene rings is 1. The Morgan fingerprint density at radius 2 is 1.91 bits per heavy atom. The molecule has 0 radical (unpaired) electrons. The lowest BCUT2D eigenvalue weighted by Gasteiger charge is -2.33. The van der Waals surface area contributed by atoms with E-state index in [0.717, 1.165) is 0 Å². The van der Waals surface area contributed by atoms with E-state index in [1.165, 1.54) is 30.2 Å². The number of methoxy groups -OCH3 is 1. The van der Waals surface area contributed by atoms with Gasteiger partial charge in [0.1, 0.15) is 17.4 Å². The summed E-state index contributed by atoms with van der Waals surface area (Å²) >= 11 is 0. The normalized spacial score (nSPS) is 17.0. The number of carbonyl (C=O) groups excluding carboxylic acids is 3. The summed E-state index contributed by atoms with van der Waals surface area (Å²) in [4.78, 5) is 39.8. The zero-order valence-corrected chi connectivity index (χ0v) is 20.4. The number of anilines is 1. The van der Waals surface area contributed by atoms with Crippen molar-refractivity contribution in [1.29, 1.82) is 0 Å². The largest absolute Gasteiger partial charge is 0.487 e. The molecule has 1 fully saturated rings. The Hall–Kier alpha value is -3.34. The molecular weight excluding hydrogens is 461 g/mol. The number of nitrogens with one attached hydrogen (secondary N) is 1. The number of ether oxygens (including phenoxy) is 3. The molecule has 35 heavy (non-hydrogen) atoms. The number of hydrogen-bond acceptors (Lipinski definition) is 8. The number of β-amino-alcohol motifs (C(OH)–C–C–N with tert-alkyl or cyclic N) is 1. The fourth-order valence-electron chi connectivity index (χ4n) is 3.83. The summed E-state index contributed by atoms with van der Waals surface area (Å²) in [5.41, 5.74) is -0.237. The van der Waals surface area contributed by atoms with Crippen molar-refractivity contribution in [2.75, 3.05) is 45.2 Å². The smallest absolute Gasteiger partial charge is 0.410 e. The van der Waals surface area contributed by atoms with Gasteiger partial charge < -0.3 is 34.4 Å². The van der Waals surface area contributed by atoms with Gasteiger partial charge in [0.05, 0.1) is 25.8 Å². The van der Waals surface area contributed by atoms with E-state index in [4.69, 9.17) is 19.3 Å². The number of carbonyl (C=O) groups is 3. The third kappa shape index (κ3) is 6.62. The molecule has 11 heteroatoms. The van der Waals surface area contributed by atoms with Gasteiger partial charge in [-0.25, -0.2) is 14.0 Å². The van der Waals surface area contributed by atoms with Gasteiger partial charge in [-0.15, -0.1) is 0 Å². The first kappa shape index (κ1) is 26.3. The van der Waals surface area contributed by atoms with Crippen molar-refractivity contribution in [3.63, 3.8) is 0 Å². The van der Waals surface area contributed by atoms with Gasteiger partial charge in [-0.1, -0.05) is 0 Å². The van der Waals surface area contributed by atoms with Crippen LogP contribution in [0.5, 0.6) is 5.75 Å². The quantitative estimate of drug-likeness (QED) is 0.556. The lowest BCUT2D eigenvalue weighted by Crippen LogP contribution is -2.44. The average molecular weight is 494 g/mol. The highest BCUT2D eigenvalue weighted by Crippen LogP contribution is 2.28. The Bertz CT molecular complexity index is 997. The van der Waals surface area contributed by atoms with Gasteiger partial charge in [0, 0.05) is 44.2 Å². The lowest BCUT2D eigenvalue weighted by atomic mass is 10.1. The fraction of sp³-hybridized carbons (Fsp3) is 0.542. The second-order valence-corrected chi connectivity index (χ2v) is 9.35. The minimum atomic E-state index is -0.681. The first-order chi connectivity index (χ1) is 16.5. The molecule has 2 amide bonds. The first-order valence-corrected chi connectivity index (χ1v) is 11.4. The minimum absolute atomic E-state index is 0.0138. The van der Waals surface area contributed by atoms with Crippen molar-refractivity contribution in [3.8, 4) is 5.75 Å². The second-order valence-electron chi connectivity index (χ2n) is 9.35. The maximum absolute atomic E-state index is 14.8. The van der Waals surface area contributed by atoms with Gasteiger partial charge in [-0.05, 0) is 32.9 Å². The maximum Gasteiger partial charge on any atom is 0.410 e. The molecule has 0 unspecified atom stereocenters. The summed E-state index contributed by atoms with van der Waals surface area (Å²) in [7, 11) is 1.20. The summed E-state index contributed by atoms with van der Waals surface area (Å²) in [5.74, 6) is -1.76. The highest BCUT2D eigenvalue weighted by Gasteiger charge is 2.34. The van der Waals surface area contributed by atoms with Crippen LogP contribution in [0.1, 0.15) is 33.6 Å². The number of halogens is 1. The van der Waals surface area contributed by atoms with Crippen molar-refractivity contribution in [2.45, 2.75) is 45.3 Å². The molecule has 0 saturated carbocycles. The fourth-order valence-corrected chi connectivity index (χ4v) is 3.83. The van der Waals surface area contributed by atoms with Crippen molar-refractivity contribution in [1.82, 2.24) is 9.80 Å². The molecule has 0 aromatic heterocycles. The number of piperidine rings is 1. The molecule has 192 valence electrons. The molecule has 0 aliphatic carbocycles. The number of rotatable bonds is 7. The van der Waals surface area contributed by atoms with Crippen molar-refractivity contribution < 1.29 is 38.1 Å². The van der Waals surface area contributed by atoms with Gasteiger partial charge in [0.15, 0.2) is 11.6 Å². The SMILES string of the molecule is COC(=O)C1=C(Nc2ccc(OC3CCN(C(=O)OC(C)(C)C)CC3)c(F)c2)C(=O)N(CCO)C1. The molecule has 10 nitrogen and oxygen atoms in total. The van der Waals surface area contributed by atoms with Crippen molar-refractivity contribution >= 4 is 23.7 Å². The van der Waals surface area contributed by atoms with E-state index in [9.17, 15) is 18.8 Å². The summed E-state index contributed by atoms with van der Waals surface area (Å²) in [6, 6.07) is 4.16. The molecule has 0 spiro atoms. The zero-order chi connectivity index (χ0) is 25.8. The van der Waals surface area contributed by atoms with Crippen LogP contribution in [-0.4, -0.2) is 84.5 Å². The lowest BCUT2D eigenvalue weighted by molar-refractivity contribution is -0.136. The van der Waals surface area contributed by atoms with Crippen LogP contribution in [0.15, 0.2) is 29.5 Å². The van der Waals surface area contributed by atoms with Gasteiger partial charge in [0.25, 0.3) is 5.91 Å². The van der Waals surface area contributed by atoms with Gasteiger partial charge in [-0.2, -0.15) is 0 Å². The highest BCUT2D eigenvalue weighted by atomic mass is 19.1. The van der Waals surface area contributed by atoms with Crippen molar-refractivity contribution in [3.05, 3.63) is 35.3 Å². The van der Waals surface area contributed by atoms with Crippen molar-refractivity contribution in [2.24, 2.45) is 0 Å². The number of amides is 2. The van der Waals surface area contributed by atoms with Crippen LogP contribution in [0, 0.1) is 5.82 Å². The number of nitrogens with zero attached hydrogens (tertiary/aromatic N) is 2.